The van der Waals surface area contributed by atoms with Gasteiger partial charge in [-0.3, -0.25) is 0 Å². The van der Waals surface area contributed by atoms with E-state index in [0.717, 1.165) is 0 Å². The molecule has 0 spiro atoms. The Labute approximate surface area is 188 Å². The normalized spacial score (nSPS) is 11.4. The summed E-state index contributed by atoms with van der Waals surface area (Å²) in [6.07, 6.45) is 0. The fourth-order valence-corrected chi connectivity index (χ4v) is 4.91. The van der Waals surface area contributed by atoms with Crippen molar-refractivity contribution in [2.45, 2.75) is 13.8 Å². The van der Waals surface area contributed by atoms with Crippen molar-refractivity contribution in [1.82, 2.24) is 0 Å². The van der Waals surface area contributed by atoms with Crippen LogP contribution in [-0.4, -0.2) is 0 Å². The highest BCUT2D eigenvalue weighted by atomic mass is 14.1. The molecular weight excluding hydrogens is 384 g/mol. The van der Waals surface area contributed by atoms with Crippen molar-refractivity contribution in [3.8, 4) is 22.3 Å². The first-order valence-electron chi connectivity index (χ1n) is 11.2. The van der Waals surface area contributed by atoms with Gasteiger partial charge in [0.1, 0.15) is 0 Å². The smallest absolute Gasteiger partial charge is 0.00987 e. The van der Waals surface area contributed by atoms with Crippen LogP contribution in [0.3, 0.4) is 0 Å². The van der Waals surface area contributed by atoms with E-state index in [1.807, 2.05) is 0 Å². The van der Waals surface area contributed by atoms with Crippen LogP contribution in [0.2, 0.25) is 0 Å². The predicted octanol–water partition coefficient (Wildman–Crippen LogP) is 9.10. The maximum atomic E-state index is 2.30. The van der Waals surface area contributed by atoms with Crippen LogP contribution in [0.25, 0.3) is 54.6 Å². The van der Waals surface area contributed by atoms with E-state index in [0.29, 0.717) is 0 Å². The van der Waals surface area contributed by atoms with E-state index in [-0.39, 0.29) is 0 Å². The topological polar surface area (TPSA) is 0 Å². The Morgan fingerprint density at radius 2 is 0.656 bits per heavy atom. The molecule has 6 rings (SSSR count). The van der Waals surface area contributed by atoms with E-state index in [1.165, 1.54) is 65.7 Å². The molecule has 0 aliphatic rings. The van der Waals surface area contributed by atoms with Gasteiger partial charge in [-0.2, -0.15) is 0 Å². The number of hydrogen-bond acceptors (Lipinski definition) is 0. The van der Waals surface area contributed by atoms with Crippen LogP contribution in [0.15, 0.2) is 109 Å². The van der Waals surface area contributed by atoms with Gasteiger partial charge in [-0.05, 0) is 68.4 Å². The zero-order chi connectivity index (χ0) is 21.7. The number of hydrogen-bond donors (Lipinski definition) is 0. The summed E-state index contributed by atoms with van der Waals surface area (Å²) in [5.41, 5.74) is 7.69. The molecule has 0 N–H and O–H groups in total. The molecule has 0 unspecified atom stereocenters. The molecule has 0 radical (unpaired) electrons. The fourth-order valence-electron chi connectivity index (χ4n) is 4.91. The minimum Gasteiger partial charge on any atom is -0.0610 e. The van der Waals surface area contributed by atoms with E-state index >= 15 is 0 Å². The summed E-state index contributed by atoms with van der Waals surface area (Å²) < 4.78 is 0. The minimum atomic E-state index is 1.27. The van der Waals surface area contributed by atoms with Gasteiger partial charge in [0.15, 0.2) is 0 Å². The van der Waals surface area contributed by atoms with Gasteiger partial charge in [0.25, 0.3) is 0 Å². The molecule has 0 heteroatoms. The molecule has 0 heterocycles. The Hall–Kier alpha value is -3.90. The zero-order valence-electron chi connectivity index (χ0n) is 18.4. The van der Waals surface area contributed by atoms with Crippen LogP contribution in [0.1, 0.15) is 11.1 Å². The van der Waals surface area contributed by atoms with E-state index in [2.05, 4.69) is 123 Å². The third kappa shape index (κ3) is 2.99. The second kappa shape index (κ2) is 7.35. The molecule has 6 aromatic rings. The maximum Gasteiger partial charge on any atom is -0.00987 e. The van der Waals surface area contributed by atoms with Gasteiger partial charge in [-0.25, -0.2) is 0 Å². The molecule has 0 aliphatic heterocycles. The number of fused-ring (bicyclic) bond motifs is 5. The van der Waals surface area contributed by atoms with Gasteiger partial charge in [0, 0.05) is 0 Å². The van der Waals surface area contributed by atoms with Gasteiger partial charge in [-0.1, -0.05) is 120 Å². The van der Waals surface area contributed by atoms with Crippen molar-refractivity contribution < 1.29 is 0 Å². The Bertz CT molecular complexity index is 1480. The number of aryl methyl sites for hydroxylation is 2. The van der Waals surface area contributed by atoms with Gasteiger partial charge < -0.3 is 0 Å². The second-order valence-electron chi connectivity index (χ2n) is 8.76. The van der Waals surface area contributed by atoms with Gasteiger partial charge >= 0.3 is 0 Å². The summed E-state index contributed by atoms with van der Waals surface area (Å²) >= 11 is 0. The SMILES string of the molecule is Cc1ccc(-c2cccc3c2ccc2c4cccc(-c5ccc(C)cc5)c4ccc32)cc1. The highest BCUT2D eigenvalue weighted by Gasteiger charge is 2.11. The number of rotatable bonds is 2. The molecule has 0 nitrogen and oxygen atoms in total. The Kier molecular flexibility index (Phi) is 4.33. The third-order valence-corrected chi connectivity index (χ3v) is 6.64. The molecule has 0 saturated heterocycles. The fraction of sp³-hybridized carbons (Fsp3) is 0.0625. The third-order valence-electron chi connectivity index (χ3n) is 6.64. The quantitative estimate of drug-likeness (QED) is 0.251. The van der Waals surface area contributed by atoms with Crippen molar-refractivity contribution in [3.05, 3.63) is 120 Å². The van der Waals surface area contributed by atoms with E-state index in [1.54, 1.807) is 0 Å². The van der Waals surface area contributed by atoms with E-state index in [4.69, 9.17) is 0 Å². The standard InChI is InChI=1S/C32H24/c1-21-9-13-23(14-10-21)25-5-3-7-27-29(25)17-19-32-28-8-4-6-26(30(28)18-20-31(27)32)24-15-11-22(2)12-16-24/h3-20H,1-2H3. The first-order valence-corrected chi connectivity index (χ1v) is 11.2. The average molecular weight is 409 g/mol. The summed E-state index contributed by atoms with van der Waals surface area (Å²) in [6.45, 7) is 4.27. The maximum absolute atomic E-state index is 2.30. The molecule has 152 valence electrons. The largest absolute Gasteiger partial charge is 0.0610 e. The molecule has 0 saturated carbocycles. The summed E-state index contributed by atoms with van der Waals surface area (Å²) in [6, 6.07) is 40.2. The van der Waals surface area contributed by atoms with Crippen molar-refractivity contribution in [1.29, 1.82) is 0 Å². The molecule has 32 heavy (non-hydrogen) atoms. The first kappa shape index (κ1) is 18.8. The highest BCUT2D eigenvalue weighted by Crippen LogP contribution is 2.38. The van der Waals surface area contributed by atoms with Crippen LogP contribution in [0, 0.1) is 13.8 Å². The summed E-state index contributed by atoms with van der Waals surface area (Å²) in [7, 11) is 0. The lowest BCUT2D eigenvalue weighted by atomic mass is 9.90. The van der Waals surface area contributed by atoms with Gasteiger partial charge in [0.05, 0.1) is 0 Å². The van der Waals surface area contributed by atoms with Crippen molar-refractivity contribution in [2.75, 3.05) is 0 Å². The Balaban J connectivity index is 1.61. The lowest BCUT2D eigenvalue weighted by Gasteiger charge is -2.13. The second-order valence-corrected chi connectivity index (χ2v) is 8.76. The first-order chi connectivity index (χ1) is 15.7. The van der Waals surface area contributed by atoms with Gasteiger partial charge in [0.2, 0.25) is 0 Å². The molecular formula is C32H24. The lowest BCUT2D eigenvalue weighted by Crippen LogP contribution is -1.86. The minimum absolute atomic E-state index is 1.27. The molecule has 0 aliphatic carbocycles. The van der Waals surface area contributed by atoms with E-state index < -0.39 is 0 Å². The Morgan fingerprint density at radius 1 is 0.312 bits per heavy atom. The Morgan fingerprint density at radius 3 is 1.06 bits per heavy atom. The van der Waals surface area contributed by atoms with Crippen LogP contribution < -0.4 is 0 Å². The number of benzene rings is 6. The van der Waals surface area contributed by atoms with Crippen LogP contribution in [-0.2, 0) is 0 Å². The molecule has 6 aromatic carbocycles. The van der Waals surface area contributed by atoms with Gasteiger partial charge in [-0.15, -0.1) is 0 Å². The predicted molar refractivity (Wildman–Crippen MR) is 139 cm³/mol. The molecule has 0 amide bonds. The zero-order valence-corrected chi connectivity index (χ0v) is 18.4. The van der Waals surface area contributed by atoms with E-state index in [9.17, 15) is 0 Å². The van der Waals surface area contributed by atoms with Crippen LogP contribution in [0.4, 0.5) is 0 Å². The van der Waals surface area contributed by atoms with Crippen molar-refractivity contribution in [3.63, 3.8) is 0 Å². The highest BCUT2D eigenvalue weighted by molar-refractivity contribution is 6.21. The summed E-state index contributed by atoms with van der Waals surface area (Å²) in [4.78, 5) is 0. The lowest BCUT2D eigenvalue weighted by molar-refractivity contribution is 1.47. The van der Waals surface area contributed by atoms with Crippen LogP contribution >= 0.6 is 0 Å². The monoisotopic (exact) mass is 408 g/mol. The molecule has 0 bridgehead atoms. The average Bonchev–Trinajstić information content (AvgIpc) is 2.84. The molecule has 0 atom stereocenters. The molecule has 0 aromatic heterocycles. The summed E-state index contributed by atoms with van der Waals surface area (Å²) in [5.74, 6) is 0. The van der Waals surface area contributed by atoms with Crippen molar-refractivity contribution in [2.24, 2.45) is 0 Å². The van der Waals surface area contributed by atoms with Crippen LogP contribution in [0.5, 0.6) is 0 Å². The summed E-state index contributed by atoms with van der Waals surface area (Å²) in [5, 5.41) is 7.84. The van der Waals surface area contributed by atoms with Crippen molar-refractivity contribution >= 4 is 32.3 Å². The molecule has 0 fully saturated rings.